The summed E-state index contributed by atoms with van der Waals surface area (Å²) in [4.78, 5) is 8.71. The zero-order valence-electron chi connectivity index (χ0n) is 11.7. The Balaban J connectivity index is 1.49. The van der Waals surface area contributed by atoms with Gasteiger partial charge < -0.3 is 5.32 Å². The van der Waals surface area contributed by atoms with Crippen molar-refractivity contribution in [1.29, 1.82) is 0 Å². The third kappa shape index (κ3) is 3.97. The summed E-state index contributed by atoms with van der Waals surface area (Å²) >= 11 is 1.71. The van der Waals surface area contributed by atoms with E-state index in [-0.39, 0.29) is 0 Å². The first-order valence-electron chi connectivity index (χ1n) is 7.01. The summed E-state index contributed by atoms with van der Waals surface area (Å²) in [6.07, 6.45) is 4.60. The van der Waals surface area contributed by atoms with Crippen molar-refractivity contribution >= 4 is 11.3 Å². The van der Waals surface area contributed by atoms with E-state index in [0.29, 0.717) is 0 Å². The smallest absolute Gasteiger partial charge is 0.123 e. The highest BCUT2D eigenvalue weighted by Gasteiger charge is 2.03. The van der Waals surface area contributed by atoms with Crippen LogP contribution in [0.25, 0.3) is 10.6 Å². The summed E-state index contributed by atoms with van der Waals surface area (Å²) < 4.78 is 0. The van der Waals surface area contributed by atoms with Gasteiger partial charge in [-0.3, -0.25) is 4.98 Å². The van der Waals surface area contributed by atoms with Gasteiger partial charge in [-0.05, 0) is 17.7 Å². The average molecular weight is 295 g/mol. The molecule has 3 nitrogen and oxygen atoms in total. The third-order valence-corrected chi connectivity index (χ3v) is 4.15. The molecule has 21 heavy (non-hydrogen) atoms. The fraction of sp³-hybridized carbons (Fsp3) is 0.176. The van der Waals surface area contributed by atoms with Gasteiger partial charge in [0.25, 0.3) is 0 Å². The SMILES string of the molecule is c1ccc(-c2nc(CCNCc3ccncc3)cs2)cc1. The van der Waals surface area contributed by atoms with Crippen molar-refractivity contribution in [3.63, 3.8) is 0 Å². The molecule has 0 saturated heterocycles. The zero-order valence-corrected chi connectivity index (χ0v) is 12.5. The van der Waals surface area contributed by atoms with Crippen LogP contribution in [0.5, 0.6) is 0 Å². The number of nitrogens with zero attached hydrogens (tertiary/aromatic N) is 2. The topological polar surface area (TPSA) is 37.8 Å². The maximum Gasteiger partial charge on any atom is 0.123 e. The second-order valence-electron chi connectivity index (χ2n) is 4.79. The Morgan fingerprint density at radius 2 is 1.81 bits per heavy atom. The van der Waals surface area contributed by atoms with Crippen molar-refractivity contribution < 1.29 is 0 Å². The van der Waals surface area contributed by atoms with Crippen LogP contribution >= 0.6 is 11.3 Å². The van der Waals surface area contributed by atoms with Crippen LogP contribution in [0.2, 0.25) is 0 Å². The van der Waals surface area contributed by atoms with E-state index in [4.69, 9.17) is 4.98 Å². The number of pyridine rings is 1. The molecule has 0 atom stereocenters. The third-order valence-electron chi connectivity index (χ3n) is 3.21. The monoisotopic (exact) mass is 295 g/mol. The number of benzene rings is 1. The Bertz CT molecular complexity index is 665. The number of nitrogens with one attached hydrogen (secondary N) is 1. The van der Waals surface area contributed by atoms with E-state index in [1.807, 2.05) is 42.7 Å². The summed E-state index contributed by atoms with van der Waals surface area (Å²) in [5, 5.41) is 6.68. The highest BCUT2D eigenvalue weighted by molar-refractivity contribution is 7.13. The summed E-state index contributed by atoms with van der Waals surface area (Å²) in [5.74, 6) is 0. The van der Waals surface area contributed by atoms with Crippen LogP contribution in [0.4, 0.5) is 0 Å². The van der Waals surface area contributed by atoms with Crippen molar-refractivity contribution in [1.82, 2.24) is 15.3 Å². The second-order valence-corrected chi connectivity index (χ2v) is 5.65. The maximum absolute atomic E-state index is 4.69. The summed E-state index contributed by atoms with van der Waals surface area (Å²) in [6.45, 7) is 1.80. The quantitative estimate of drug-likeness (QED) is 0.707. The van der Waals surface area contributed by atoms with Crippen LogP contribution in [0, 0.1) is 0 Å². The molecule has 2 aromatic heterocycles. The minimum Gasteiger partial charge on any atom is -0.312 e. The fourth-order valence-electron chi connectivity index (χ4n) is 2.08. The Kier molecular flexibility index (Phi) is 4.71. The molecule has 3 rings (SSSR count). The van der Waals surface area contributed by atoms with Crippen LogP contribution in [-0.4, -0.2) is 16.5 Å². The summed E-state index contributed by atoms with van der Waals surface area (Å²) in [5.41, 5.74) is 3.60. The van der Waals surface area contributed by atoms with Crippen molar-refractivity contribution in [2.24, 2.45) is 0 Å². The highest BCUT2D eigenvalue weighted by atomic mass is 32.1. The number of hydrogen-bond donors (Lipinski definition) is 1. The van der Waals surface area contributed by atoms with E-state index >= 15 is 0 Å². The van der Waals surface area contributed by atoms with Gasteiger partial charge >= 0.3 is 0 Å². The number of hydrogen-bond acceptors (Lipinski definition) is 4. The fourth-order valence-corrected chi connectivity index (χ4v) is 2.95. The predicted octanol–water partition coefficient (Wildman–Crippen LogP) is 3.54. The number of aromatic nitrogens is 2. The van der Waals surface area contributed by atoms with E-state index < -0.39 is 0 Å². The molecule has 3 aromatic rings. The Morgan fingerprint density at radius 3 is 2.62 bits per heavy atom. The molecule has 0 radical (unpaired) electrons. The van der Waals surface area contributed by atoms with Gasteiger partial charge in [-0.15, -0.1) is 11.3 Å². The first kappa shape index (κ1) is 13.9. The van der Waals surface area contributed by atoms with Crippen molar-refractivity contribution in [2.75, 3.05) is 6.54 Å². The Morgan fingerprint density at radius 1 is 1.00 bits per heavy atom. The number of thiazole rings is 1. The summed E-state index contributed by atoms with van der Waals surface area (Å²) in [6, 6.07) is 14.4. The van der Waals surface area contributed by atoms with Crippen LogP contribution in [0.1, 0.15) is 11.3 Å². The molecule has 0 amide bonds. The minimum atomic E-state index is 0.873. The second kappa shape index (κ2) is 7.11. The van der Waals surface area contributed by atoms with Crippen LogP contribution < -0.4 is 5.32 Å². The van der Waals surface area contributed by atoms with E-state index in [1.54, 1.807) is 11.3 Å². The Hall–Kier alpha value is -2.04. The van der Waals surface area contributed by atoms with Crippen LogP contribution in [0.15, 0.2) is 60.2 Å². The van der Waals surface area contributed by atoms with Crippen LogP contribution in [-0.2, 0) is 13.0 Å². The lowest BCUT2D eigenvalue weighted by atomic mass is 10.2. The van der Waals surface area contributed by atoms with Crippen LogP contribution in [0.3, 0.4) is 0 Å². The molecule has 0 fully saturated rings. The minimum absolute atomic E-state index is 0.873. The van der Waals surface area contributed by atoms with Gasteiger partial charge in [-0.25, -0.2) is 4.98 Å². The standard InChI is InChI=1S/C17H17N3S/c1-2-4-15(5-3-1)17-20-16(13-21-17)8-11-19-12-14-6-9-18-10-7-14/h1-7,9-10,13,19H,8,11-12H2. The molecule has 0 unspecified atom stereocenters. The lowest BCUT2D eigenvalue weighted by Crippen LogP contribution is -2.16. The van der Waals surface area contributed by atoms with Gasteiger partial charge in [0, 0.05) is 42.8 Å². The van der Waals surface area contributed by atoms with Gasteiger partial charge in [-0.1, -0.05) is 30.3 Å². The molecule has 1 aromatic carbocycles. The Labute approximate surface area is 128 Å². The molecule has 0 aliphatic carbocycles. The molecule has 2 heterocycles. The van der Waals surface area contributed by atoms with E-state index in [0.717, 1.165) is 30.2 Å². The van der Waals surface area contributed by atoms with Gasteiger partial charge in [-0.2, -0.15) is 0 Å². The van der Waals surface area contributed by atoms with E-state index in [9.17, 15) is 0 Å². The van der Waals surface area contributed by atoms with Crippen molar-refractivity contribution in [2.45, 2.75) is 13.0 Å². The van der Waals surface area contributed by atoms with E-state index in [2.05, 4.69) is 27.8 Å². The lowest BCUT2D eigenvalue weighted by molar-refractivity contribution is 0.681. The maximum atomic E-state index is 4.69. The first-order chi connectivity index (χ1) is 10.4. The molecule has 0 spiro atoms. The molecule has 106 valence electrons. The zero-order chi connectivity index (χ0) is 14.3. The van der Waals surface area contributed by atoms with E-state index in [1.165, 1.54) is 11.1 Å². The molecule has 0 aliphatic rings. The first-order valence-corrected chi connectivity index (χ1v) is 7.89. The summed E-state index contributed by atoms with van der Waals surface area (Å²) in [7, 11) is 0. The molecular weight excluding hydrogens is 278 g/mol. The lowest BCUT2D eigenvalue weighted by Gasteiger charge is -2.03. The average Bonchev–Trinajstić information content (AvgIpc) is 3.02. The molecule has 4 heteroatoms. The van der Waals surface area contributed by atoms with Crippen molar-refractivity contribution in [3.8, 4) is 10.6 Å². The molecule has 0 aliphatic heterocycles. The molecular formula is C17H17N3S. The molecule has 1 N–H and O–H groups in total. The number of rotatable bonds is 6. The normalized spacial score (nSPS) is 10.7. The molecule has 0 bridgehead atoms. The van der Waals surface area contributed by atoms with Gasteiger partial charge in [0.05, 0.1) is 5.69 Å². The van der Waals surface area contributed by atoms with Gasteiger partial charge in [0.2, 0.25) is 0 Å². The highest BCUT2D eigenvalue weighted by Crippen LogP contribution is 2.23. The predicted molar refractivity (Wildman–Crippen MR) is 87.2 cm³/mol. The molecule has 0 saturated carbocycles. The van der Waals surface area contributed by atoms with Crippen molar-refractivity contribution in [3.05, 3.63) is 71.5 Å². The van der Waals surface area contributed by atoms with Gasteiger partial charge in [0.1, 0.15) is 5.01 Å². The van der Waals surface area contributed by atoms with Gasteiger partial charge in [0.15, 0.2) is 0 Å². The largest absolute Gasteiger partial charge is 0.312 e.